The molecule has 0 fully saturated rings. The number of rotatable bonds is 11. The van der Waals surface area contributed by atoms with E-state index in [0.717, 1.165) is 38.5 Å². The third kappa shape index (κ3) is 6.02. The van der Waals surface area contributed by atoms with Crippen LogP contribution in [0.2, 0.25) is 11.6 Å². The highest BCUT2D eigenvalue weighted by atomic mass is 28.4. The van der Waals surface area contributed by atoms with E-state index in [1.54, 1.807) is 0 Å². The Kier molecular flexibility index (Phi) is 10.2. The molecule has 17 heavy (non-hydrogen) atoms. The molecule has 0 heterocycles. The first-order chi connectivity index (χ1) is 8.16. The normalized spacial score (nSPS) is 13.9. The number of unbranched alkanes of at least 4 members (excludes halogenated alkanes) is 2. The third-order valence-corrected chi connectivity index (χ3v) is 7.83. The van der Waals surface area contributed by atoms with Crippen LogP contribution in [0.15, 0.2) is 0 Å². The van der Waals surface area contributed by atoms with Gasteiger partial charge >= 0.3 is 8.56 Å². The summed E-state index contributed by atoms with van der Waals surface area (Å²) >= 11 is 0. The van der Waals surface area contributed by atoms with Gasteiger partial charge in [0.05, 0.1) is 0 Å². The van der Waals surface area contributed by atoms with E-state index in [2.05, 4.69) is 34.6 Å². The van der Waals surface area contributed by atoms with Crippen LogP contribution in [-0.4, -0.2) is 21.8 Å². The van der Waals surface area contributed by atoms with Crippen molar-refractivity contribution >= 4 is 8.56 Å². The summed E-state index contributed by atoms with van der Waals surface area (Å²) in [5.41, 5.74) is 0.598. The van der Waals surface area contributed by atoms with Crippen molar-refractivity contribution in [3.63, 3.8) is 0 Å². The van der Waals surface area contributed by atoms with Crippen molar-refractivity contribution in [1.29, 1.82) is 0 Å². The van der Waals surface area contributed by atoms with Crippen molar-refractivity contribution in [3.05, 3.63) is 0 Å². The van der Waals surface area contributed by atoms with Gasteiger partial charge in [0.1, 0.15) is 0 Å². The zero-order valence-electron chi connectivity index (χ0n) is 12.6. The van der Waals surface area contributed by atoms with E-state index in [-0.39, 0.29) is 0 Å². The Hall–Kier alpha value is 0.137. The van der Waals surface area contributed by atoms with Crippen molar-refractivity contribution in [2.24, 2.45) is 0 Å². The summed E-state index contributed by atoms with van der Waals surface area (Å²) in [7, 11) is -1.95. The van der Waals surface area contributed by atoms with Crippen molar-refractivity contribution < 1.29 is 8.85 Å². The van der Waals surface area contributed by atoms with Gasteiger partial charge in [-0.1, -0.05) is 53.9 Å². The molecule has 0 aliphatic rings. The average molecular weight is 260 g/mol. The molecule has 0 aromatic carbocycles. The first-order valence-corrected chi connectivity index (χ1v) is 9.54. The molecule has 0 radical (unpaired) electrons. The van der Waals surface area contributed by atoms with E-state index in [0.29, 0.717) is 5.54 Å². The van der Waals surface area contributed by atoms with Gasteiger partial charge in [0.25, 0.3) is 0 Å². The molecular weight excluding hydrogens is 228 g/mol. The molecule has 0 aliphatic carbocycles. The second-order valence-corrected chi connectivity index (χ2v) is 8.77. The maximum Gasteiger partial charge on any atom is 0.340 e. The van der Waals surface area contributed by atoms with Gasteiger partial charge in [-0.3, -0.25) is 0 Å². The van der Waals surface area contributed by atoms with Crippen LogP contribution in [0.4, 0.5) is 0 Å². The van der Waals surface area contributed by atoms with E-state index >= 15 is 0 Å². The second kappa shape index (κ2) is 10.1. The molecule has 104 valence electrons. The molecule has 0 aliphatic heterocycles. The van der Waals surface area contributed by atoms with Gasteiger partial charge < -0.3 is 8.85 Å². The highest BCUT2D eigenvalue weighted by Gasteiger charge is 2.40. The SMILES string of the molecule is CCCCO[Si](CC)(OCCCC)C(C)CC. The standard InChI is InChI=1S/C14H32O2Si/c1-6-10-12-15-17(9-4,14(5)8-3)16-13-11-7-2/h14H,6-13H2,1-5H3. The van der Waals surface area contributed by atoms with E-state index in [1.807, 2.05) is 0 Å². The summed E-state index contributed by atoms with van der Waals surface area (Å²) in [4.78, 5) is 0. The van der Waals surface area contributed by atoms with Crippen LogP contribution >= 0.6 is 0 Å². The Balaban J connectivity index is 4.39. The molecule has 0 amide bonds. The predicted molar refractivity (Wildman–Crippen MR) is 77.7 cm³/mol. The Morgan fingerprint density at radius 3 is 1.65 bits per heavy atom. The molecule has 0 rings (SSSR count). The first kappa shape index (κ1) is 17.1. The quantitative estimate of drug-likeness (QED) is 0.389. The molecule has 0 bridgehead atoms. The molecule has 0 spiro atoms. The maximum atomic E-state index is 6.24. The smallest absolute Gasteiger partial charge is 0.340 e. The first-order valence-electron chi connectivity index (χ1n) is 7.44. The summed E-state index contributed by atoms with van der Waals surface area (Å²) in [5.74, 6) is 0. The molecular formula is C14H32O2Si. The fourth-order valence-corrected chi connectivity index (χ4v) is 5.33. The van der Waals surface area contributed by atoms with E-state index in [1.165, 1.54) is 12.8 Å². The second-order valence-electron chi connectivity index (χ2n) is 4.88. The van der Waals surface area contributed by atoms with Gasteiger partial charge in [-0.05, 0) is 24.4 Å². The Morgan fingerprint density at radius 2 is 1.35 bits per heavy atom. The Morgan fingerprint density at radius 1 is 0.882 bits per heavy atom. The minimum atomic E-state index is -1.95. The lowest BCUT2D eigenvalue weighted by atomic mass is 10.4. The molecule has 3 heteroatoms. The third-order valence-electron chi connectivity index (χ3n) is 3.54. The van der Waals surface area contributed by atoms with E-state index in [9.17, 15) is 0 Å². The molecule has 0 aromatic heterocycles. The van der Waals surface area contributed by atoms with Gasteiger partial charge in [0, 0.05) is 13.2 Å². The van der Waals surface area contributed by atoms with Crippen LogP contribution in [0.5, 0.6) is 0 Å². The van der Waals surface area contributed by atoms with Gasteiger partial charge in [0.15, 0.2) is 0 Å². The minimum absolute atomic E-state index is 0.598. The van der Waals surface area contributed by atoms with Crippen LogP contribution in [-0.2, 0) is 8.85 Å². The predicted octanol–water partition coefficient (Wildman–Crippen LogP) is 4.88. The lowest BCUT2D eigenvalue weighted by Gasteiger charge is -2.34. The number of hydrogen-bond acceptors (Lipinski definition) is 2. The lowest BCUT2D eigenvalue weighted by Crippen LogP contribution is -2.46. The molecule has 0 N–H and O–H groups in total. The summed E-state index contributed by atoms with van der Waals surface area (Å²) in [6.45, 7) is 13.0. The van der Waals surface area contributed by atoms with Crippen LogP contribution < -0.4 is 0 Å². The topological polar surface area (TPSA) is 18.5 Å². The van der Waals surface area contributed by atoms with Crippen molar-refractivity contribution in [2.45, 2.75) is 78.3 Å². The molecule has 0 saturated carbocycles. The number of hydrogen-bond donors (Lipinski definition) is 0. The van der Waals surface area contributed by atoms with Crippen LogP contribution in [0.3, 0.4) is 0 Å². The van der Waals surface area contributed by atoms with Crippen molar-refractivity contribution in [1.82, 2.24) is 0 Å². The van der Waals surface area contributed by atoms with Gasteiger partial charge in [0.2, 0.25) is 0 Å². The van der Waals surface area contributed by atoms with Crippen LogP contribution in [0, 0.1) is 0 Å². The van der Waals surface area contributed by atoms with Gasteiger partial charge in [-0.2, -0.15) is 0 Å². The highest BCUT2D eigenvalue weighted by molar-refractivity contribution is 6.68. The largest absolute Gasteiger partial charge is 0.394 e. The maximum absolute atomic E-state index is 6.24. The van der Waals surface area contributed by atoms with Crippen molar-refractivity contribution in [3.8, 4) is 0 Å². The average Bonchev–Trinajstić information content (AvgIpc) is 2.36. The van der Waals surface area contributed by atoms with Crippen LogP contribution in [0.1, 0.15) is 66.7 Å². The van der Waals surface area contributed by atoms with Crippen molar-refractivity contribution in [2.75, 3.05) is 13.2 Å². The zero-order valence-corrected chi connectivity index (χ0v) is 13.6. The van der Waals surface area contributed by atoms with Gasteiger partial charge in [-0.25, -0.2) is 0 Å². The molecule has 0 aromatic rings. The molecule has 1 unspecified atom stereocenters. The van der Waals surface area contributed by atoms with E-state index in [4.69, 9.17) is 8.85 Å². The molecule has 1 atom stereocenters. The van der Waals surface area contributed by atoms with Crippen LogP contribution in [0.25, 0.3) is 0 Å². The summed E-state index contributed by atoms with van der Waals surface area (Å²) < 4.78 is 12.5. The Labute approximate surface area is 109 Å². The molecule has 2 nitrogen and oxygen atoms in total. The fraction of sp³-hybridized carbons (Fsp3) is 1.00. The zero-order chi connectivity index (χ0) is 13.1. The van der Waals surface area contributed by atoms with Gasteiger partial charge in [-0.15, -0.1) is 0 Å². The monoisotopic (exact) mass is 260 g/mol. The fourth-order valence-electron chi connectivity index (χ4n) is 1.97. The molecule has 0 saturated heterocycles. The highest BCUT2D eigenvalue weighted by Crippen LogP contribution is 2.31. The van der Waals surface area contributed by atoms with E-state index < -0.39 is 8.56 Å². The summed E-state index contributed by atoms with van der Waals surface area (Å²) in [6.07, 6.45) is 5.87. The summed E-state index contributed by atoms with van der Waals surface area (Å²) in [6, 6.07) is 1.08. The summed E-state index contributed by atoms with van der Waals surface area (Å²) in [5, 5.41) is 0. The minimum Gasteiger partial charge on any atom is -0.394 e. The Bertz CT molecular complexity index is 164. The lowest BCUT2D eigenvalue weighted by molar-refractivity contribution is 0.155.